The molecule has 6 saturated carbocycles. The summed E-state index contributed by atoms with van der Waals surface area (Å²) in [6.45, 7) is 14.8. The summed E-state index contributed by atoms with van der Waals surface area (Å²) in [5.74, 6) is 5.79. The molecule has 0 heterocycles. The van der Waals surface area contributed by atoms with E-state index in [1.165, 1.54) is 41.5 Å². The summed E-state index contributed by atoms with van der Waals surface area (Å²) in [5.41, 5.74) is 15.0. The Kier molecular flexibility index (Phi) is 15.7. The van der Waals surface area contributed by atoms with Crippen molar-refractivity contribution in [2.24, 2.45) is 53.1 Å². The summed E-state index contributed by atoms with van der Waals surface area (Å²) in [4.78, 5) is 49.1. The number of aryl methyl sites for hydroxylation is 1. The standard InChI is InChI=1S/C68H84N4O5/c1-7-70(63-51-32-31-50(36-51)60(63)46-19-13-10-14-20-46)66(73)58(69)35-45-28-26-44(27-29-45)33-34-76-67(74)71(8-2)64-52-37-54(56(39-52)61(64)47-21-15-11-16-22-47)55-38-53-40-57(55)62(48-23-17-12-18-24-48)65(53)72(9-3)68(75)77-59-41-49(42(4)5)30-25-43(59)6/h10-30,41-42,50-58,60-65H,7-9,31-40,69H2,1-6H3/t50?,51?,52?,53?,54?,55?,56?,57?,58-,60?,61?,62?,63?,64?,65?/m0/s1. The summed E-state index contributed by atoms with van der Waals surface area (Å²) in [7, 11) is 0. The molecule has 6 fully saturated rings. The van der Waals surface area contributed by atoms with Crippen LogP contribution >= 0.6 is 0 Å². The molecule has 6 aliphatic rings. The zero-order chi connectivity index (χ0) is 53.5. The lowest BCUT2D eigenvalue weighted by molar-refractivity contribution is -0.136. The molecule has 0 spiro atoms. The minimum Gasteiger partial charge on any atom is -0.449 e. The van der Waals surface area contributed by atoms with Crippen molar-refractivity contribution in [3.05, 3.63) is 172 Å². The van der Waals surface area contributed by atoms with E-state index in [2.05, 4.69) is 177 Å². The predicted molar refractivity (Wildman–Crippen MR) is 306 cm³/mol. The zero-order valence-corrected chi connectivity index (χ0v) is 46.6. The van der Waals surface area contributed by atoms with Crippen LogP contribution in [0.3, 0.4) is 0 Å². The Hall–Kier alpha value is -5.93. The minimum absolute atomic E-state index is 0.0531. The van der Waals surface area contributed by atoms with Crippen LogP contribution < -0.4 is 10.5 Å². The van der Waals surface area contributed by atoms with Gasteiger partial charge in [0.1, 0.15) is 5.75 Å². The molecule has 3 amide bonds. The molecular formula is C68H84N4O5. The van der Waals surface area contributed by atoms with Crippen molar-refractivity contribution in [3.8, 4) is 5.75 Å². The van der Waals surface area contributed by atoms with Crippen molar-refractivity contribution < 1.29 is 23.9 Å². The topological polar surface area (TPSA) is 105 Å². The second-order valence-corrected chi connectivity index (χ2v) is 24.5. The second-order valence-electron chi connectivity index (χ2n) is 24.5. The lowest BCUT2D eigenvalue weighted by Crippen LogP contribution is -2.53. The Labute approximate surface area is 459 Å². The maximum atomic E-state index is 14.4. The van der Waals surface area contributed by atoms with Gasteiger partial charge in [0.25, 0.3) is 0 Å². The maximum absolute atomic E-state index is 14.4. The van der Waals surface area contributed by atoms with E-state index in [4.69, 9.17) is 15.2 Å². The fraction of sp³-hybridized carbons (Fsp3) is 0.515. The lowest BCUT2D eigenvalue weighted by Gasteiger charge is -2.47. The highest BCUT2D eigenvalue weighted by Gasteiger charge is 2.63. The quantitative estimate of drug-likeness (QED) is 0.0937. The second kappa shape index (κ2) is 22.8. The van der Waals surface area contributed by atoms with E-state index >= 15 is 0 Å². The third-order valence-corrected chi connectivity index (χ3v) is 20.3. The first-order valence-corrected chi connectivity index (χ1v) is 29.8. The van der Waals surface area contributed by atoms with E-state index in [1.54, 1.807) is 0 Å². The fourth-order valence-corrected chi connectivity index (χ4v) is 17.2. The molecule has 0 aliphatic heterocycles. The number of rotatable bonds is 18. The van der Waals surface area contributed by atoms with E-state index in [0.29, 0.717) is 104 Å². The van der Waals surface area contributed by atoms with Crippen molar-refractivity contribution in [3.63, 3.8) is 0 Å². The molecule has 6 bridgehead atoms. The molecule has 406 valence electrons. The number of carbonyl (C=O) groups excluding carboxylic acids is 3. The predicted octanol–water partition coefficient (Wildman–Crippen LogP) is 13.6. The number of carbonyl (C=O) groups is 3. The number of nitrogens with two attached hydrogens (primary N) is 1. The average molecular weight is 1040 g/mol. The number of ether oxygens (including phenoxy) is 2. The van der Waals surface area contributed by atoms with Crippen LogP contribution in [0, 0.1) is 54.3 Å². The molecule has 11 rings (SSSR count). The monoisotopic (exact) mass is 1040 g/mol. The van der Waals surface area contributed by atoms with E-state index in [0.717, 1.165) is 42.4 Å². The van der Waals surface area contributed by atoms with E-state index in [1.807, 2.05) is 13.0 Å². The normalized spacial score (nSPS) is 29.9. The van der Waals surface area contributed by atoms with Crippen molar-refractivity contribution in [2.45, 2.75) is 147 Å². The van der Waals surface area contributed by atoms with Gasteiger partial charge in [-0.3, -0.25) is 4.79 Å². The Morgan fingerprint density at radius 2 is 1.03 bits per heavy atom. The number of hydrogen-bond acceptors (Lipinski definition) is 6. The van der Waals surface area contributed by atoms with Crippen molar-refractivity contribution >= 4 is 18.1 Å². The smallest absolute Gasteiger partial charge is 0.415 e. The third kappa shape index (κ3) is 10.2. The summed E-state index contributed by atoms with van der Waals surface area (Å²) in [6, 6.07) is 47.1. The van der Waals surface area contributed by atoms with E-state index < -0.39 is 6.04 Å². The third-order valence-electron chi connectivity index (χ3n) is 20.3. The summed E-state index contributed by atoms with van der Waals surface area (Å²) >= 11 is 0. The molecule has 0 radical (unpaired) electrons. The zero-order valence-electron chi connectivity index (χ0n) is 46.6. The van der Waals surface area contributed by atoms with Gasteiger partial charge in [0, 0.05) is 61.9 Å². The molecule has 0 saturated heterocycles. The van der Waals surface area contributed by atoms with Crippen LogP contribution in [0.15, 0.2) is 133 Å². The Balaban J connectivity index is 0.737. The number of benzene rings is 5. The van der Waals surface area contributed by atoms with Crippen LogP contribution in [0.2, 0.25) is 0 Å². The van der Waals surface area contributed by atoms with Crippen LogP contribution in [0.4, 0.5) is 9.59 Å². The first-order chi connectivity index (χ1) is 37.5. The maximum Gasteiger partial charge on any atom is 0.415 e. The first-order valence-electron chi connectivity index (χ1n) is 29.8. The molecule has 5 aromatic carbocycles. The highest BCUT2D eigenvalue weighted by atomic mass is 16.6. The summed E-state index contributed by atoms with van der Waals surface area (Å²) < 4.78 is 12.5. The van der Waals surface area contributed by atoms with Gasteiger partial charge in [0.15, 0.2) is 0 Å². The largest absolute Gasteiger partial charge is 0.449 e. The van der Waals surface area contributed by atoms with Crippen LogP contribution in [-0.4, -0.2) is 83.2 Å². The Morgan fingerprint density at radius 3 is 1.56 bits per heavy atom. The number of hydrogen-bond donors (Lipinski definition) is 1. The molecule has 14 unspecified atom stereocenters. The van der Waals surface area contributed by atoms with Gasteiger partial charge in [-0.15, -0.1) is 0 Å². The average Bonchev–Trinajstić information content (AvgIpc) is 4.54. The van der Waals surface area contributed by atoms with Crippen molar-refractivity contribution in [1.29, 1.82) is 0 Å². The van der Waals surface area contributed by atoms with Gasteiger partial charge in [0.05, 0.1) is 12.6 Å². The van der Waals surface area contributed by atoms with Gasteiger partial charge in [-0.2, -0.15) is 0 Å². The van der Waals surface area contributed by atoms with Crippen molar-refractivity contribution in [1.82, 2.24) is 14.7 Å². The van der Waals surface area contributed by atoms with Gasteiger partial charge < -0.3 is 29.9 Å². The highest BCUT2D eigenvalue weighted by molar-refractivity contribution is 5.82. The van der Waals surface area contributed by atoms with Crippen molar-refractivity contribution in [2.75, 3.05) is 26.2 Å². The van der Waals surface area contributed by atoms with Gasteiger partial charge in [0.2, 0.25) is 5.91 Å². The van der Waals surface area contributed by atoms with E-state index in [-0.39, 0.29) is 48.1 Å². The van der Waals surface area contributed by atoms with Crippen LogP contribution in [0.25, 0.3) is 0 Å². The molecule has 15 atom stereocenters. The highest BCUT2D eigenvalue weighted by Crippen LogP contribution is 2.67. The SMILES string of the molecule is CCN(C(=O)[C@@H](N)Cc1ccc(CCOC(=O)N(CC)C2C3CC(C4CC5CC4C(c4ccccc4)C5N(CC)C(=O)Oc4cc(C(C)C)ccc4C)C(C3)C2c2ccccc2)cc1)C1C2CCC(C2)C1c1ccccc1. The minimum atomic E-state index is -0.609. The van der Waals surface area contributed by atoms with Gasteiger partial charge >= 0.3 is 12.2 Å². The van der Waals surface area contributed by atoms with Crippen LogP contribution in [0.5, 0.6) is 5.75 Å². The number of fused-ring (bicyclic) bond motifs is 6. The lowest BCUT2D eigenvalue weighted by atomic mass is 9.62. The molecule has 9 heteroatoms. The van der Waals surface area contributed by atoms with Gasteiger partial charge in [-0.1, -0.05) is 141 Å². The number of likely N-dealkylation sites (N-methyl/N-ethyl adjacent to an activating group) is 3. The molecular weight excluding hydrogens is 953 g/mol. The Morgan fingerprint density at radius 1 is 0.545 bits per heavy atom. The number of amides is 3. The molecule has 77 heavy (non-hydrogen) atoms. The molecule has 6 aliphatic carbocycles. The number of nitrogens with zero attached hydrogens (tertiary/aromatic N) is 3. The molecule has 5 aromatic rings. The van der Waals surface area contributed by atoms with Crippen LogP contribution in [-0.2, 0) is 22.4 Å². The molecule has 9 nitrogen and oxygen atoms in total. The molecule has 2 N–H and O–H groups in total. The van der Waals surface area contributed by atoms with E-state index in [9.17, 15) is 14.4 Å². The molecule has 0 aromatic heterocycles. The van der Waals surface area contributed by atoms with Gasteiger partial charge in [-0.05, 0) is 177 Å². The van der Waals surface area contributed by atoms with Gasteiger partial charge in [-0.25, -0.2) is 9.59 Å². The summed E-state index contributed by atoms with van der Waals surface area (Å²) in [5, 5.41) is 0. The summed E-state index contributed by atoms with van der Waals surface area (Å²) in [6.07, 6.45) is 8.72. The van der Waals surface area contributed by atoms with Crippen LogP contribution in [0.1, 0.15) is 142 Å². The first kappa shape index (κ1) is 53.1. The fourth-order valence-electron chi connectivity index (χ4n) is 17.2. The Bertz CT molecular complexity index is 2820.